The van der Waals surface area contributed by atoms with Gasteiger partial charge in [-0.25, -0.2) is 4.98 Å². The zero-order valence-corrected chi connectivity index (χ0v) is 10.2. The topological polar surface area (TPSA) is 42.1 Å². The van der Waals surface area contributed by atoms with Crippen LogP contribution in [0.1, 0.15) is 32.6 Å². The van der Waals surface area contributed by atoms with Gasteiger partial charge in [-0.15, -0.1) is 0 Å². The van der Waals surface area contributed by atoms with Gasteiger partial charge in [0, 0.05) is 13.1 Å². The third-order valence-corrected chi connectivity index (χ3v) is 3.59. The summed E-state index contributed by atoms with van der Waals surface area (Å²) in [6, 6.07) is 4.57. The Kier molecular flexibility index (Phi) is 3.32. The number of aromatic nitrogens is 1. The third-order valence-electron chi connectivity index (χ3n) is 3.59. The van der Waals surface area contributed by atoms with Crippen LogP contribution < -0.4 is 10.6 Å². The van der Waals surface area contributed by atoms with Crippen molar-refractivity contribution in [3.05, 3.63) is 18.3 Å². The lowest BCUT2D eigenvalue weighted by Gasteiger charge is -2.34. The average Bonchev–Trinajstić information content (AvgIpc) is 2.29. The van der Waals surface area contributed by atoms with Crippen molar-refractivity contribution in [1.82, 2.24) is 4.98 Å². The van der Waals surface area contributed by atoms with Crippen LogP contribution in [0.2, 0.25) is 0 Å². The quantitative estimate of drug-likeness (QED) is 0.831. The molecule has 0 aromatic carbocycles. The van der Waals surface area contributed by atoms with E-state index in [1.807, 2.05) is 12.1 Å². The number of nitrogens with two attached hydrogens (primary N) is 1. The van der Waals surface area contributed by atoms with Gasteiger partial charge in [-0.3, -0.25) is 0 Å². The molecule has 2 rings (SSSR count). The minimum atomic E-state index is 0.639. The molecule has 3 nitrogen and oxygen atoms in total. The van der Waals surface area contributed by atoms with Crippen molar-refractivity contribution in [3.8, 4) is 0 Å². The molecule has 0 aliphatic heterocycles. The summed E-state index contributed by atoms with van der Waals surface area (Å²) in [5.41, 5.74) is 6.38. The fourth-order valence-electron chi connectivity index (χ4n) is 2.55. The zero-order chi connectivity index (χ0) is 11.5. The van der Waals surface area contributed by atoms with Gasteiger partial charge in [-0.2, -0.15) is 0 Å². The molecule has 2 atom stereocenters. The maximum atomic E-state index is 5.65. The van der Waals surface area contributed by atoms with Crippen LogP contribution in [0.3, 0.4) is 0 Å². The van der Waals surface area contributed by atoms with Gasteiger partial charge in [0.25, 0.3) is 0 Å². The predicted molar refractivity (Wildman–Crippen MR) is 68.5 cm³/mol. The Balaban J connectivity index is 2.06. The van der Waals surface area contributed by atoms with Crippen molar-refractivity contribution in [2.24, 2.45) is 5.92 Å². The summed E-state index contributed by atoms with van der Waals surface area (Å²) < 4.78 is 0. The van der Waals surface area contributed by atoms with Crippen LogP contribution in [-0.4, -0.2) is 18.1 Å². The van der Waals surface area contributed by atoms with E-state index in [1.165, 1.54) is 25.7 Å². The van der Waals surface area contributed by atoms with Crippen LogP contribution in [0, 0.1) is 5.92 Å². The van der Waals surface area contributed by atoms with Crippen molar-refractivity contribution in [1.29, 1.82) is 0 Å². The molecule has 0 spiro atoms. The molecule has 2 unspecified atom stereocenters. The Morgan fingerprint density at radius 3 is 2.81 bits per heavy atom. The first-order chi connectivity index (χ1) is 7.66. The number of nitrogen functional groups attached to an aromatic ring is 1. The first-order valence-electron chi connectivity index (χ1n) is 6.11. The van der Waals surface area contributed by atoms with Crippen LogP contribution in [0.4, 0.5) is 11.5 Å². The van der Waals surface area contributed by atoms with Crippen LogP contribution in [0.15, 0.2) is 18.3 Å². The van der Waals surface area contributed by atoms with E-state index in [0.717, 1.165) is 17.4 Å². The van der Waals surface area contributed by atoms with E-state index in [-0.39, 0.29) is 0 Å². The first kappa shape index (κ1) is 11.2. The lowest BCUT2D eigenvalue weighted by Crippen LogP contribution is -2.36. The second kappa shape index (κ2) is 4.73. The molecule has 1 saturated carbocycles. The number of anilines is 2. The normalized spacial score (nSPS) is 25.4. The fraction of sp³-hybridized carbons (Fsp3) is 0.615. The van der Waals surface area contributed by atoms with Crippen molar-refractivity contribution < 1.29 is 0 Å². The zero-order valence-electron chi connectivity index (χ0n) is 10.2. The Bertz CT molecular complexity index is 334. The summed E-state index contributed by atoms with van der Waals surface area (Å²) in [7, 11) is 2.14. The van der Waals surface area contributed by atoms with Crippen molar-refractivity contribution in [2.45, 2.75) is 38.6 Å². The standard InChI is InChI=1S/C13H21N3/c1-10-4-3-5-12(8-10)16(2)13-7-6-11(14)9-15-13/h6-7,9-10,12H,3-5,8,14H2,1-2H3. The summed E-state index contributed by atoms with van der Waals surface area (Å²) in [6.07, 6.45) is 7.01. The monoisotopic (exact) mass is 219 g/mol. The number of hydrogen-bond donors (Lipinski definition) is 1. The second-order valence-corrected chi connectivity index (χ2v) is 4.99. The number of hydrogen-bond acceptors (Lipinski definition) is 3. The Morgan fingerprint density at radius 2 is 2.19 bits per heavy atom. The highest BCUT2D eigenvalue weighted by Gasteiger charge is 2.22. The van der Waals surface area contributed by atoms with Gasteiger partial charge in [0.1, 0.15) is 5.82 Å². The van der Waals surface area contributed by atoms with E-state index in [4.69, 9.17) is 5.73 Å². The second-order valence-electron chi connectivity index (χ2n) is 4.99. The highest BCUT2D eigenvalue weighted by Crippen LogP contribution is 2.28. The van der Waals surface area contributed by atoms with Gasteiger partial charge in [-0.05, 0) is 30.9 Å². The molecule has 16 heavy (non-hydrogen) atoms. The van der Waals surface area contributed by atoms with Crippen molar-refractivity contribution >= 4 is 11.5 Å². The minimum Gasteiger partial charge on any atom is -0.397 e. The maximum Gasteiger partial charge on any atom is 0.128 e. The van der Waals surface area contributed by atoms with E-state index >= 15 is 0 Å². The summed E-state index contributed by atoms with van der Waals surface area (Å²) in [5.74, 6) is 1.88. The molecule has 0 amide bonds. The van der Waals surface area contributed by atoms with Crippen LogP contribution in [0.5, 0.6) is 0 Å². The van der Waals surface area contributed by atoms with Crippen LogP contribution in [-0.2, 0) is 0 Å². The summed E-state index contributed by atoms with van der Waals surface area (Å²) in [6.45, 7) is 2.34. The van der Waals surface area contributed by atoms with Crippen LogP contribution in [0.25, 0.3) is 0 Å². The van der Waals surface area contributed by atoms with Gasteiger partial charge in [0.15, 0.2) is 0 Å². The molecular weight excluding hydrogens is 198 g/mol. The van der Waals surface area contributed by atoms with Gasteiger partial charge in [0.05, 0.1) is 11.9 Å². The van der Waals surface area contributed by atoms with Gasteiger partial charge < -0.3 is 10.6 Å². The minimum absolute atomic E-state index is 0.639. The van der Waals surface area contributed by atoms with Crippen molar-refractivity contribution in [2.75, 3.05) is 17.7 Å². The highest BCUT2D eigenvalue weighted by molar-refractivity contribution is 5.45. The van der Waals surface area contributed by atoms with Crippen molar-refractivity contribution in [3.63, 3.8) is 0 Å². The lowest BCUT2D eigenvalue weighted by molar-refractivity contribution is 0.335. The van der Waals surface area contributed by atoms with E-state index in [1.54, 1.807) is 6.20 Å². The Hall–Kier alpha value is -1.25. The van der Waals surface area contributed by atoms with Crippen LogP contribution >= 0.6 is 0 Å². The van der Waals surface area contributed by atoms with E-state index < -0.39 is 0 Å². The molecule has 1 aliphatic carbocycles. The number of nitrogens with zero attached hydrogens (tertiary/aromatic N) is 2. The molecule has 2 N–H and O–H groups in total. The van der Waals surface area contributed by atoms with E-state index in [9.17, 15) is 0 Å². The summed E-state index contributed by atoms with van der Waals surface area (Å²) >= 11 is 0. The molecular formula is C13H21N3. The molecule has 0 radical (unpaired) electrons. The predicted octanol–water partition coefficient (Wildman–Crippen LogP) is 2.68. The van der Waals surface area contributed by atoms with Gasteiger partial charge >= 0.3 is 0 Å². The molecule has 1 aliphatic rings. The number of rotatable bonds is 2. The first-order valence-corrected chi connectivity index (χ1v) is 6.11. The molecule has 88 valence electrons. The van der Waals surface area contributed by atoms with Gasteiger partial charge in [0.2, 0.25) is 0 Å². The summed E-state index contributed by atoms with van der Waals surface area (Å²) in [4.78, 5) is 6.68. The smallest absolute Gasteiger partial charge is 0.128 e. The molecule has 1 heterocycles. The van der Waals surface area contributed by atoms with Gasteiger partial charge in [-0.1, -0.05) is 19.8 Å². The maximum absolute atomic E-state index is 5.65. The number of pyridine rings is 1. The Labute approximate surface area is 97.7 Å². The SMILES string of the molecule is CC1CCCC(N(C)c2ccc(N)cn2)C1. The summed E-state index contributed by atoms with van der Waals surface area (Å²) in [5, 5.41) is 0. The fourth-order valence-corrected chi connectivity index (χ4v) is 2.55. The molecule has 0 saturated heterocycles. The third kappa shape index (κ3) is 2.46. The highest BCUT2D eigenvalue weighted by atomic mass is 15.2. The molecule has 0 bridgehead atoms. The molecule has 1 fully saturated rings. The van der Waals surface area contributed by atoms with E-state index in [2.05, 4.69) is 23.9 Å². The molecule has 1 aromatic rings. The van der Waals surface area contributed by atoms with E-state index in [0.29, 0.717) is 6.04 Å². The largest absolute Gasteiger partial charge is 0.397 e. The lowest BCUT2D eigenvalue weighted by atomic mass is 9.86. The Morgan fingerprint density at radius 1 is 1.38 bits per heavy atom. The molecule has 3 heteroatoms. The molecule has 1 aromatic heterocycles. The average molecular weight is 219 g/mol.